The molecule has 1 nitrogen and oxygen atoms in total. The lowest BCUT2D eigenvalue weighted by Gasteiger charge is -2.41. The van der Waals surface area contributed by atoms with Crippen molar-refractivity contribution in [1.29, 1.82) is 0 Å². The molecule has 0 aromatic heterocycles. The van der Waals surface area contributed by atoms with Gasteiger partial charge in [-0.1, -0.05) is 30.3 Å². The van der Waals surface area contributed by atoms with Gasteiger partial charge in [0.05, 0.1) is 5.41 Å². The van der Waals surface area contributed by atoms with Crippen molar-refractivity contribution in [3.8, 4) is 0 Å². The minimum Gasteiger partial charge on any atom is -0.280 e. The van der Waals surface area contributed by atoms with Crippen LogP contribution in [0.2, 0.25) is 0 Å². The number of hydrogen-bond donors (Lipinski definition) is 0. The van der Waals surface area contributed by atoms with Crippen LogP contribution in [0, 0.1) is 0 Å². The molecule has 0 N–H and O–H groups in total. The van der Waals surface area contributed by atoms with Crippen molar-refractivity contribution < 1.29 is 9.18 Å². The van der Waals surface area contributed by atoms with Crippen LogP contribution in [-0.2, 0) is 10.2 Å². The Labute approximate surface area is 86.9 Å². The molecule has 0 saturated heterocycles. The van der Waals surface area contributed by atoms with Gasteiger partial charge in [-0.25, -0.2) is 4.39 Å². The summed E-state index contributed by atoms with van der Waals surface area (Å²) < 4.78 is 12.8. The molecular formula is C11H10ClFO. The zero-order valence-electron chi connectivity index (χ0n) is 7.54. The van der Waals surface area contributed by atoms with Crippen molar-refractivity contribution in [2.75, 3.05) is 0 Å². The molecule has 1 aliphatic rings. The van der Waals surface area contributed by atoms with Crippen molar-refractivity contribution in [1.82, 2.24) is 0 Å². The summed E-state index contributed by atoms with van der Waals surface area (Å²) in [6, 6.07) is 9.19. The third kappa shape index (κ3) is 1.34. The van der Waals surface area contributed by atoms with Crippen LogP contribution < -0.4 is 0 Å². The Morgan fingerprint density at radius 1 is 1.36 bits per heavy atom. The Morgan fingerprint density at radius 3 is 2.36 bits per heavy atom. The van der Waals surface area contributed by atoms with E-state index >= 15 is 0 Å². The third-order valence-electron chi connectivity index (χ3n) is 2.84. The van der Waals surface area contributed by atoms with Gasteiger partial charge in [-0.3, -0.25) is 4.79 Å². The van der Waals surface area contributed by atoms with Gasteiger partial charge in [0.2, 0.25) is 5.24 Å². The lowest BCUT2D eigenvalue weighted by atomic mass is 9.64. The number of hydrogen-bond acceptors (Lipinski definition) is 1. The summed E-state index contributed by atoms with van der Waals surface area (Å²) in [5, 5.41) is -0.447. The molecule has 1 saturated carbocycles. The summed E-state index contributed by atoms with van der Waals surface area (Å²) in [6.45, 7) is 0. The first-order valence-corrected chi connectivity index (χ1v) is 4.92. The SMILES string of the molecule is O=C(Cl)C1(c2ccccc2)CC(F)C1. The van der Waals surface area contributed by atoms with Gasteiger partial charge in [0.25, 0.3) is 0 Å². The predicted octanol–water partition coefficient (Wildman–Crippen LogP) is 2.82. The first-order valence-electron chi connectivity index (χ1n) is 4.55. The van der Waals surface area contributed by atoms with E-state index in [9.17, 15) is 9.18 Å². The maximum Gasteiger partial charge on any atom is 0.232 e. The zero-order chi connectivity index (χ0) is 10.2. The Bertz CT molecular complexity index is 344. The molecule has 14 heavy (non-hydrogen) atoms. The van der Waals surface area contributed by atoms with Gasteiger partial charge in [-0.2, -0.15) is 0 Å². The van der Waals surface area contributed by atoms with Gasteiger partial charge in [0.15, 0.2) is 0 Å². The Morgan fingerprint density at radius 2 is 1.93 bits per heavy atom. The number of benzene rings is 1. The average Bonchev–Trinajstić information content (AvgIpc) is 2.13. The van der Waals surface area contributed by atoms with Crippen LogP contribution in [0.15, 0.2) is 30.3 Å². The molecular weight excluding hydrogens is 203 g/mol. The largest absolute Gasteiger partial charge is 0.280 e. The number of halogens is 2. The molecule has 1 aromatic rings. The quantitative estimate of drug-likeness (QED) is 0.689. The van der Waals surface area contributed by atoms with Crippen molar-refractivity contribution in [2.45, 2.75) is 24.4 Å². The first kappa shape index (κ1) is 9.66. The number of alkyl halides is 1. The molecule has 0 atom stereocenters. The minimum absolute atomic E-state index is 0.222. The van der Waals surface area contributed by atoms with E-state index in [4.69, 9.17) is 11.6 Å². The Kier molecular flexibility index (Phi) is 2.31. The molecule has 2 rings (SSSR count). The zero-order valence-corrected chi connectivity index (χ0v) is 8.30. The van der Waals surface area contributed by atoms with E-state index in [1.165, 1.54) is 0 Å². The van der Waals surface area contributed by atoms with E-state index in [1.807, 2.05) is 30.3 Å². The molecule has 74 valence electrons. The van der Waals surface area contributed by atoms with Gasteiger partial charge in [-0.15, -0.1) is 0 Å². The first-order chi connectivity index (χ1) is 6.65. The molecule has 0 heterocycles. The molecule has 1 aromatic carbocycles. The number of carbonyl (C=O) groups is 1. The summed E-state index contributed by atoms with van der Waals surface area (Å²) >= 11 is 5.53. The van der Waals surface area contributed by atoms with Crippen LogP contribution in [-0.4, -0.2) is 11.4 Å². The molecule has 1 fully saturated rings. The lowest BCUT2D eigenvalue weighted by molar-refractivity contribution is -0.122. The summed E-state index contributed by atoms with van der Waals surface area (Å²) in [5.74, 6) is 0. The van der Waals surface area contributed by atoms with Gasteiger partial charge in [0.1, 0.15) is 6.17 Å². The summed E-state index contributed by atoms with van der Waals surface area (Å²) in [7, 11) is 0. The van der Waals surface area contributed by atoms with Crippen LogP contribution in [0.25, 0.3) is 0 Å². The fraction of sp³-hybridized carbons (Fsp3) is 0.364. The van der Waals surface area contributed by atoms with E-state index in [1.54, 1.807) is 0 Å². The maximum atomic E-state index is 12.8. The van der Waals surface area contributed by atoms with Gasteiger partial charge in [-0.05, 0) is 30.0 Å². The fourth-order valence-electron chi connectivity index (χ4n) is 1.96. The molecule has 0 spiro atoms. The molecule has 0 aliphatic heterocycles. The standard InChI is InChI=1S/C11H10ClFO/c12-10(14)11(6-9(13)7-11)8-4-2-1-3-5-8/h1-5,9H,6-7H2. The summed E-state index contributed by atoms with van der Waals surface area (Å²) in [5.41, 5.74) is 0.0660. The van der Waals surface area contributed by atoms with Crippen LogP contribution in [0.1, 0.15) is 18.4 Å². The second-order valence-electron chi connectivity index (χ2n) is 3.73. The number of rotatable bonds is 2. The minimum atomic E-state index is -0.891. The van der Waals surface area contributed by atoms with E-state index in [-0.39, 0.29) is 12.8 Å². The molecule has 0 amide bonds. The number of carbonyl (C=O) groups excluding carboxylic acids is 1. The van der Waals surface area contributed by atoms with Crippen molar-refractivity contribution >= 4 is 16.8 Å². The smallest absolute Gasteiger partial charge is 0.232 e. The van der Waals surface area contributed by atoms with E-state index in [2.05, 4.69) is 0 Å². The van der Waals surface area contributed by atoms with Crippen LogP contribution >= 0.6 is 11.6 Å². The topological polar surface area (TPSA) is 17.1 Å². The molecule has 0 bridgehead atoms. The van der Waals surface area contributed by atoms with Crippen LogP contribution in [0.3, 0.4) is 0 Å². The lowest BCUT2D eigenvalue weighted by Crippen LogP contribution is -2.47. The third-order valence-corrected chi connectivity index (χ3v) is 3.20. The second-order valence-corrected chi connectivity index (χ2v) is 4.07. The molecule has 3 heteroatoms. The highest BCUT2D eigenvalue weighted by molar-refractivity contribution is 6.65. The maximum absolute atomic E-state index is 12.8. The molecule has 0 unspecified atom stereocenters. The van der Waals surface area contributed by atoms with Crippen LogP contribution in [0.4, 0.5) is 4.39 Å². The molecule has 0 radical (unpaired) electrons. The van der Waals surface area contributed by atoms with Crippen molar-refractivity contribution in [3.63, 3.8) is 0 Å². The van der Waals surface area contributed by atoms with Crippen molar-refractivity contribution in [2.24, 2.45) is 0 Å². The van der Waals surface area contributed by atoms with Gasteiger partial charge in [0, 0.05) is 0 Å². The van der Waals surface area contributed by atoms with Gasteiger partial charge >= 0.3 is 0 Å². The Hall–Kier alpha value is -0.890. The highest BCUT2D eigenvalue weighted by Crippen LogP contribution is 2.46. The molecule has 1 aliphatic carbocycles. The predicted molar refractivity (Wildman–Crippen MR) is 53.1 cm³/mol. The normalized spacial score (nSPS) is 30.9. The Balaban J connectivity index is 2.34. The van der Waals surface area contributed by atoms with Crippen molar-refractivity contribution in [3.05, 3.63) is 35.9 Å². The fourth-order valence-corrected chi connectivity index (χ4v) is 2.23. The average molecular weight is 213 g/mol. The van der Waals surface area contributed by atoms with E-state index in [0.29, 0.717) is 0 Å². The monoisotopic (exact) mass is 212 g/mol. The van der Waals surface area contributed by atoms with E-state index in [0.717, 1.165) is 5.56 Å². The van der Waals surface area contributed by atoms with E-state index < -0.39 is 16.8 Å². The summed E-state index contributed by atoms with van der Waals surface area (Å²) in [6.07, 6.45) is -0.448. The van der Waals surface area contributed by atoms with Crippen LogP contribution in [0.5, 0.6) is 0 Å². The highest BCUT2D eigenvalue weighted by atomic mass is 35.5. The highest BCUT2D eigenvalue weighted by Gasteiger charge is 2.50. The second kappa shape index (κ2) is 3.35. The van der Waals surface area contributed by atoms with Gasteiger partial charge < -0.3 is 0 Å². The summed E-state index contributed by atoms with van der Waals surface area (Å²) in [4.78, 5) is 11.3.